The van der Waals surface area contributed by atoms with Crippen LogP contribution in [0.1, 0.15) is 29.5 Å². The van der Waals surface area contributed by atoms with Crippen molar-refractivity contribution in [3.05, 3.63) is 58.8 Å². The first-order valence-corrected chi connectivity index (χ1v) is 13.6. The summed E-state index contributed by atoms with van der Waals surface area (Å²) in [5.41, 5.74) is 2.23. The van der Waals surface area contributed by atoms with Crippen LogP contribution in [-0.2, 0) is 4.74 Å². The average Bonchev–Trinajstić information content (AvgIpc) is 3.51. The number of thiazole rings is 1. The number of rotatable bonds is 9. The van der Waals surface area contributed by atoms with Gasteiger partial charge in [-0.05, 0) is 38.5 Å². The number of hydrogen-bond donors (Lipinski definition) is 0. The fourth-order valence-corrected chi connectivity index (χ4v) is 5.69. The van der Waals surface area contributed by atoms with Gasteiger partial charge in [0.2, 0.25) is 0 Å². The maximum Gasteiger partial charge on any atom is 0.265 e. The van der Waals surface area contributed by atoms with Crippen molar-refractivity contribution in [3.63, 3.8) is 0 Å². The number of aromatic nitrogens is 2. The Morgan fingerprint density at radius 2 is 2.00 bits per heavy atom. The first-order valence-electron chi connectivity index (χ1n) is 12.4. The second-order valence-electron chi connectivity index (χ2n) is 8.74. The molecule has 0 radical (unpaired) electrons. The summed E-state index contributed by atoms with van der Waals surface area (Å²) in [7, 11) is 0. The van der Waals surface area contributed by atoms with E-state index in [0.29, 0.717) is 51.6 Å². The molecule has 1 saturated heterocycles. The van der Waals surface area contributed by atoms with Gasteiger partial charge >= 0.3 is 0 Å². The SMILES string of the molecule is CCOc1cccc2sc(N(CCCN3CCOCC3)C(=O)c3c(-c4ccccc4Cl)noc3C)nc12. The van der Waals surface area contributed by atoms with E-state index in [-0.39, 0.29) is 5.91 Å². The monoisotopic (exact) mass is 540 g/mol. The Labute approximate surface area is 224 Å². The highest BCUT2D eigenvalue weighted by Crippen LogP contribution is 2.37. The Kier molecular flexibility index (Phi) is 8.05. The first-order chi connectivity index (χ1) is 18.1. The van der Waals surface area contributed by atoms with E-state index in [1.54, 1.807) is 17.9 Å². The van der Waals surface area contributed by atoms with E-state index in [0.717, 1.165) is 49.5 Å². The van der Waals surface area contributed by atoms with Crippen LogP contribution in [0.25, 0.3) is 21.5 Å². The minimum absolute atomic E-state index is 0.215. The topological polar surface area (TPSA) is 80.9 Å². The highest BCUT2D eigenvalue weighted by molar-refractivity contribution is 7.22. The average molecular weight is 541 g/mol. The number of morpholine rings is 1. The van der Waals surface area contributed by atoms with Gasteiger partial charge in [0.15, 0.2) is 5.13 Å². The highest BCUT2D eigenvalue weighted by Gasteiger charge is 2.30. The molecule has 194 valence electrons. The molecule has 1 aliphatic rings. The highest BCUT2D eigenvalue weighted by atomic mass is 35.5. The van der Waals surface area contributed by atoms with Crippen LogP contribution in [-0.4, -0.2) is 66.9 Å². The smallest absolute Gasteiger partial charge is 0.265 e. The Balaban J connectivity index is 1.51. The van der Waals surface area contributed by atoms with Gasteiger partial charge in [0.1, 0.15) is 28.3 Å². The van der Waals surface area contributed by atoms with Crippen LogP contribution in [0, 0.1) is 6.92 Å². The summed E-state index contributed by atoms with van der Waals surface area (Å²) in [6.07, 6.45) is 0.783. The van der Waals surface area contributed by atoms with Crippen molar-refractivity contribution in [1.29, 1.82) is 0 Å². The minimum Gasteiger partial charge on any atom is -0.492 e. The Morgan fingerprint density at radius 3 is 2.78 bits per heavy atom. The molecule has 0 aliphatic carbocycles. The van der Waals surface area contributed by atoms with E-state index in [9.17, 15) is 4.79 Å². The van der Waals surface area contributed by atoms with Crippen molar-refractivity contribution in [1.82, 2.24) is 15.0 Å². The van der Waals surface area contributed by atoms with Gasteiger partial charge in [0.25, 0.3) is 5.91 Å². The van der Waals surface area contributed by atoms with Crippen molar-refractivity contribution in [2.75, 3.05) is 50.9 Å². The zero-order valence-electron chi connectivity index (χ0n) is 20.9. The molecule has 1 amide bonds. The molecule has 0 spiro atoms. The second-order valence-corrected chi connectivity index (χ2v) is 10.2. The molecule has 3 heterocycles. The van der Waals surface area contributed by atoms with Crippen LogP contribution >= 0.6 is 22.9 Å². The van der Waals surface area contributed by atoms with Crippen molar-refractivity contribution < 1.29 is 18.8 Å². The fraction of sp³-hybridized carbons (Fsp3) is 0.370. The lowest BCUT2D eigenvalue weighted by Crippen LogP contribution is -2.39. The van der Waals surface area contributed by atoms with Crippen molar-refractivity contribution >= 4 is 44.2 Å². The first kappa shape index (κ1) is 25.7. The molecule has 10 heteroatoms. The van der Waals surface area contributed by atoms with Crippen molar-refractivity contribution in [3.8, 4) is 17.0 Å². The fourth-order valence-electron chi connectivity index (χ4n) is 4.46. The van der Waals surface area contributed by atoms with Gasteiger partial charge < -0.3 is 14.0 Å². The van der Waals surface area contributed by atoms with Crippen LogP contribution in [0.5, 0.6) is 5.75 Å². The number of hydrogen-bond acceptors (Lipinski definition) is 8. The molecule has 5 rings (SSSR count). The lowest BCUT2D eigenvalue weighted by atomic mass is 10.0. The van der Waals surface area contributed by atoms with Crippen LogP contribution in [0.2, 0.25) is 5.02 Å². The van der Waals surface area contributed by atoms with E-state index in [2.05, 4.69) is 10.1 Å². The molecule has 2 aromatic carbocycles. The van der Waals surface area contributed by atoms with Gasteiger partial charge in [-0.25, -0.2) is 4.98 Å². The van der Waals surface area contributed by atoms with Gasteiger partial charge in [0, 0.05) is 31.7 Å². The van der Waals surface area contributed by atoms with Crippen LogP contribution in [0.3, 0.4) is 0 Å². The quantitative estimate of drug-likeness (QED) is 0.270. The third kappa shape index (κ3) is 5.50. The minimum atomic E-state index is -0.215. The molecule has 8 nitrogen and oxygen atoms in total. The summed E-state index contributed by atoms with van der Waals surface area (Å²) < 4.78 is 17.7. The molecule has 0 bridgehead atoms. The van der Waals surface area contributed by atoms with E-state index < -0.39 is 0 Å². The number of fused-ring (bicyclic) bond motifs is 1. The number of aryl methyl sites for hydroxylation is 1. The number of halogens is 1. The number of ether oxygens (including phenoxy) is 2. The van der Waals surface area contributed by atoms with E-state index in [1.165, 1.54) is 11.3 Å². The van der Waals surface area contributed by atoms with Crippen molar-refractivity contribution in [2.45, 2.75) is 20.3 Å². The summed E-state index contributed by atoms with van der Waals surface area (Å²) in [6, 6.07) is 13.2. The summed E-state index contributed by atoms with van der Waals surface area (Å²) in [5.74, 6) is 0.933. The Hall–Kier alpha value is -2.98. The molecule has 0 saturated carbocycles. The molecule has 0 atom stereocenters. The molecular weight excluding hydrogens is 512 g/mol. The predicted molar refractivity (Wildman–Crippen MR) is 146 cm³/mol. The summed E-state index contributed by atoms with van der Waals surface area (Å²) in [4.78, 5) is 23.1. The summed E-state index contributed by atoms with van der Waals surface area (Å²) >= 11 is 7.94. The summed E-state index contributed by atoms with van der Waals surface area (Å²) in [6.45, 7) is 8.85. The lowest BCUT2D eigenvalue weighted by Gasteiger charge is -2.27. The van der Waals surface area contributed by atoms with Crippen LogP contribution < -0.4 is 9.64 Å². The third-order valence-electron chi connectivity index (χ3n) is 6.31. The molecule has 4 aromatic rings. The number of amides is 1. The zero-order chi connectivity index (χ0) is 25.8. The largest absolute Gasteiger partial charge is 0.492 e. The maximum absolute atomic E-state index is 14.2. The van der Waals surface area contributed by atoms with Gasteiger partial charge in [-0.15, -0.1) is 0 Å². The van der Waals surface area contributed by atoms with Gasteiger partial charge in [0.05, 0.1) is 29.5 Å². The molecule has 2 aromatic heterocycles. The molecule has 37 heavy (non-hydrogen) atoms. The second kappa shape index (κ2) is 11.6. The van der Waals surface area contributed by atoms with Crippen LogP contribution in [0.15, 0.2) is 47.0 Å². The standard InChI is InChI=1S/C27H29ClN4O4S/c1-3-35-21-10-6-11-22-25(21)29-27(37-22)32(13-7-12-31-14-16-34-17-15-31)26(33)23-18(2)36-30-24(23)19-8-4-5-9-20(19)28/h4-6,8-11H,3,7,12-17H2,1-2H3. The molecular formula is C27H29ClN4O4S. The number of benzene rings is 2. The molecule has 1 aliphatic heterocycles. The number of nitrogens with zero attached hydrogens (tertiary/aromatic N) is 4. The molecule has 0 N–H and O–H groups in total. The molecule has 0 unspecified atom stereocenters. The van der Waals surface area contributed by atoms with Crippen molar-refractivity contribution in [2.24, 2.45) is 0 Å². The van der Waals surface area contributed by atoms with E-state index in [1.807, 2.05) is 43.3 Å². The third-order valence-corrected chi connectivity index (χ3v) is 7.69. The maximum atomic E-state index is 14.2. The Morgan fingerprint density at radius 1 is 1.19 bits per heavy atom. The molecule has 1 fully saturated rings. The summed E-state index contributed by atoms with van der Waals surface area (Å²) in [5, 5.41) is 5.33. The number of carbonyl (C=O) groups excluding carboxylic acids is 1. The van der Waals surface area contributed by atoms with Gasteiger partial charge in [-0.3, -0.25) is 14.6 Å². The van der Waals surface area contributed by atoms with Crippen LogP contribution in [0.4, 0.5) is 5.13 Å². The van der Waals surface area contributed by atoms with E-state index in [4.69, 9.17) is 30.6 Å². The normalized spacial score (nSPS) is 14.2. The van der Waals surface area contributed by atoms with Gasteiger partial charge in [-0.1, -0.05) is 52.4 Å². The predicted octanol–water partition coefficient (Wildman–Crippen LogP) is 5.68. The number of carbonyl (C=O) groups is 1. The van der Waals surface area contributed by atoms with Gasteiger partial charge in [-0.2, -0.15) is 0 Å². The lowest BCUT2D eigenvalue weighted by molar-refractivity contribution is 0.0376. The number of para-hydroxylation sites is 1. The number of anilines is 1. The zero-order valence-corrected chi connectivity index (χ0v) is 22.5. The Bertz CT molecular complexity index is 1380. The van der Waals surface area contributed by atoms with E-state index >= 15 is 0 Å².